The molecule has 8 nitrogen and oxygen atoms in total. The number of anilines is 1. The van der Waals surface area contributed by atoms with Crippen LogP contribution in [0.4, 0.5) is 5.82 Å². The van der Waals surface area contributed by atoms with Crippen molar-refractivity contribution in [2.45, 2.75) is 66.8 Å². The number of aromatic nitrogens is 1. The minimum absolute atomic E-state index is 0.0881. The summed E-state index contributed by atoms with van der Waals surface area (Å²) in [6, 6.07) is 2.10. The Morgan fingerprint density at radius 1 is 1.27 bits per heavy atom. The van der Waals surface area contributed by atoms with Gasteiger partial charge < -0.3 is 9.64 Å². The van der Waals surface area contributed by atoms with E-state index in [1.54, 1.807) is 29.4 Å². The molecule has 3 rings (SSSR count). The molecule has 3 heterocycles. The third-order valence-electron chi connectivity index (χ3n) is 6.69. The number of nitriles is 1. The third kappa shape index (κ3) is 6.27. The van der Waals surface area contributed by atoms with Gasteiger partial charge in [0.05, 0.1) is 17.4 Å². The van der Waals surface area contributed by atoms with Crippen LogP contribution in [0.1, 0.15) is 70.1 Å². The lowest BCUT2D eigenvalue weighted by Gasteiger charge is -2.35. The molecule has 1 aromatic rings. The highest BCUT2D eigenvalue weighted by Gasteiger charge is 2.34. The average Bonchev–Trinajstić information content (AvgIpc) is 3.12. The van der Waals surface area contributed by atoms with Gasteiger partial charge >= 0.3 is 5.97 Å². The molecule has 0 unspecified atom stereocenters. The number of unbranched alkanes of at least 4 members (excludes halogenated alkanes) is 1. The van der Waals surface area contributed by atoms with Crippen molar-refractivity contribution in [1.82, 2.24) is 9.47 Å². The number of piperidine rings is 1. The average molecular weight is 545 g/mol. The SMILES string of the molecule is CCCCn1c(N2CCC(C(=O)OCC)CC2)c(/C=C2/SC(=S)N(CC(C)C)C2=O)c(C)c(C#N)c1=O. The fourth-order valence-electron chi connectivity index (χ4n) is 4.75. The first-order valence-corrected chi connectivity index (χ1v) is 14.2. The normalized spacial score (nSPS) is 17.7. The zero-order valence-electron chi connectivity index (χ0n) is 22.3. The molecule has 200 valence electrons. The van der Waals surface area contributed by atoms with Crippen LogP contribution in [0, 0.1) is 30.1 Å². The van der Waals surface area contributed by atoms with Gasteiger partial charge in [-0.05, 0) is 50.7 Å². The maximum atomic E-state index is 13.4. The number of thiocarbonyl (C=S) groups is 1. The molecule has 2 saturated heterocycles. The van der Waals surface area contributed by atoms with Gasteiger partial charge in [-0.1, -0.05) is 51.2 Å². The first kappa shape index (κ1) is 28.9. The van der Waals surface area contributed by atoms with Gasteiger partial charge in [0, 0.05) is 31.7 Å². The monoisotopic (exact) mass is 544 g/mol. The van der Waals surface area contributed by atoms with Crippen LogP contribution in [0.25, 0.3) is 6.08 Å². The lowest BCUT2D eigenvalue weighted by molar-refractivity contribution is -0.148. The van der Waals surface area contributed by atoms with Crippen molar-refractivity contribution in [3.63, 3.8) is 0 Å². The summed E-state index contributed by atoms with van der Waals surface area (Å²) in [5.41, 5.74) is 1.01. The molecule has 2 fully saturated rings. The lowest BCUT2D eigenvalue weighted by Crippen LogP contribution is -2.41. The second-order valence-electron chi connectivity index (χ2n) is 9.86. The first-order chi connectivity index (χ1) is 17.6. The van der Waals surface area contributed by atoms with Crippen molar-refractivity contribution in [3.8, 4) is 6.07 Å². The minimum Gasteiger partial charge on any atom is -0.466 e. The number of carbonyl (C=O) groups is 2. The van der Waals surface area contributed by atoms with Gasteiger partial charge in [0.1, 0.15) is 21.8 Å². The van der Waals surface area contributed by atoms with E-state index in [-0.39, 0.29) is 34.8 Å². The summed E-state index contributed by atoms with van der Waals surface area (Å²) in [5.74, 6) is 0.449. The van der Waals surface area contributed by atoms with Crippen LogP contribution in [-0.2, 0) is 20.9 Å². The number of pyridine rings is 1. The van der Waals surface area contributed by atoms with Gasteiger partial charge in [-0.3, -0.25) is 23.9 Å². The molecule has 2 aliphatic rings. The summed E-state index contributed by atoms with van der Waals surface area (Å²) >= 11 is 6.75. The van der Waals surface area contributed by atoms with E-state index >= 15 is 0 Å². The zero-order valence-corrected chi connectivity index (χ0v) is 24.0. The number of thioether (sulfide) groups is 1. The van der Waals surface area contributed by atoms with Crippen LogP contribution in [-0.4, -0.2) is 51.9 Å². The van der Waals surface area contributed by atoms with Crippen LogP contribution >= 0.6 is 24.0 Å². The number of hydrogen-bond acceptors (Lipinski definition) is 8. The summed E-state index contributed by atoms with van der Waals surface area (Å²) in [5, 5.41) is 9.87. The molecule has 0 aromatic carbocycles. The predicted molar refractivity (Wildman–Crippen MR) is 151 cm³/mol. The molecule has 2 aliphatic heterocycles. The Bertz CT molecular complexity index is 1190. The van der Waals surface area contributed by atoms with Crippen molar-refractivity contribution in [1.29, 1.82) is 5.26 Å². The zero-order chi connectivity index (χ0) is 27.3. The molecule has 1 amide bonds. The molecular formula is C27H36N4O4S2. The third-order valence-corrected chi connectivity index (χ3v) is 8.07. The van der Waals surface area contributed by atoms with E-state index < -0.39 is 0 Å². The topological polar surface area (TPSA) is 95.6 Å². The summed E-state index contributed by atoms with van der Waals surface area (Å²) < 4.78 is 7.42. The summed E-state index contributed by atoms with van der Waals surface area (Å²) in [6.45, 7) is 12.2. The van der Waals surface area contributed by atoms with Gasteiger partial charge in [0.15, 0.2) is 0 Å². The van der Waals surface area contributed by atoms with E-state index in [4.69, 9.17) is 17.0 Å². The lowest BCUT2D eigenvalue weighted by atomic mass is 9.95. The Kier molecular flexibility index (Phi) is 9.96. The number of hydrogen-bond donors (Lipinski definition) is 0. The van der Waals surface area contributed by atoms with Crippen LogP contribution in [0.3, 0.4) is 0 Å². The Hall–Kier alpha value is -2.64. The van der Waals surface area contributed by atoms with Gasteiger partial charge in [-0.25, -0.2) is 0 Å². The minimum atomic E-state index is -0.319. The number of nitrogens with zero attached hydrogens (tertiary/aromatic N) is 4. The maximum absolute atomic E-state index is 13.4. The standard InChI is InChI=1S/C27H36N4O4S2/c1-6-8-11-30-23(29-12-9-19(10-13-29)26(34)35-7-2)20(18(5)21(15-28)24(30)32)14-22-25(33)31(16-17(3)4)27(36)37-22/h14,17,19H,6-13,16H2,1-5H3/b22-14+. The first-order valence-electron chi connectivity index (χ1n) is 13.0. The Labute approximate surface area is 228 Å². The molecule has 0 spiro atoms. The summed E-state index contributed by atoms with van der Waals surface area (Å²) in [6.07, 6.45) is 4.67. The molecule has 0 bridgehead atoms. The van der Waals surface area contributed by atoms with Crippen LogP contribution in [0.5, 0.6) is 0 Å². The molecule has 0 N–H and O–H groups in total. The van der Waals surface area contributed by atoms with Gasteiger partial charge in [0.2, 0.25) is 0 Å². The van der Waals surface area contributed by atoms with Crippen LogP contribution < -0.4 is 10.5 Å². The number of carbonyl (C=O) groups excluding carboxylic acids is 2. The Morgan fingerprint density at radius 2 is 1.95 bits per heavy atom. The number of ether oxygens (including phenoxy) is 1. The van der Waals surface area contributed by atoms with Crippen molar-refractivity contribution in [2.24, 2.45) is 11.8 Å². The van der Waals surface area contributed by atoms with Gasteiger partial charge in [-0.2, -0.15) is 5.26 Å². The molecule has 10 heteroatoms. The molecular weight excluding hydrogens is 508 g/mol. The van der Waals surface area contributed by atoms with Crippen molar-refractivity contribution in [3.05, 3.63) is 31.9 Å². The largest absolute Gasteiger partial charge is 0.466 e. The number of amides is 1. The van der Waals surface area contributed by atoms with E-state index in [0.29, 0.717) is 71.8 Å². The smallest absolute Gasteiger partial charge is 0.309 e. The predicted octanol–water partition coefficient (Wildman–Crippen LogP) is 4.47. The van der Waals surface area contributed by atoms with Gasteiger partial charge in [-0.15, -0.1) is 0 Å². The van der Waals surface area contributed by atoms with Crippen LogP contribution in [0.15, 0.2) is 9.70 Å². The Balaban J connectivity index is 2.12. The van der Waals surface area contributed by atoms with E-state index in [1.165, 1.54) is 11.8 Å². The fraction of sp³-hybridized carbons (Fsp3) is 0.593. The second-order valence-corrected chi connectivity index (χ2v) is 11.5. The molecule has 0 radical (unpaired) electrons. The number of esters is 1. The number of rotatable bonds is 9. The molecule has 0 saturated carbocycles. The summed E-state index contributed by atoms with van der Waals surface area (Å²) in [7, 11) is 0. The van der Waals surface area contributed by atoms with E-state index in [0.717, 1.165) is 12.8 Å². The van der Waals surface area contributed by atoms with Gasteiger partial charge in [0.25, 0.3) is 11.5 Å². The summed E-state index contributed by atoms with van der Waals surface area (Å²) in [4.78, 5) is 43.2. The second kappa shape index (κ2) is 12.7. The van der Waals surface area contributed by atoms with E-state index in [2.05, 4.69) is 17.9 Å². The van der Waals surface area contributed by atoms with E-state index in [1.807, 2.05) is 13.8 Å². The molecule has 0 atom stereocenters. The van der Waals surface area contributed by atoms with E-state index in [9.17, 15) is 19.6 Å². The van der Waals surface area contributed by atoms with Crippen molar-refractivity contribution >= 4 is 52.1 Å². The Morgan fingerprint density at radius 3 is 2.51 bits per heavy atom. The van der Waals surface area contributed by atoms with Crippen molar-refractivity contribution in [2.75, 3.05) is 31.1 Å². The highest BCUT2D eigenvalue weighted by atomic mass is 32.2. The van der Waals surface area contributed by atoms with Crippen molar-refractivity contribution < 1.29 is 14.3 Å². The fourth-order valence-corrected chi connectivity index (χ4v) is 6.01. The maximum Gasteiger partial charge on any atom is 0.309 e. The molecule has 1 aromatic heterocycles. The molecule has 0 aliphatic carbocycles. The highest BCUT2D eigenvalue weighted by Crippen LogP contribution is 2.37. The quantitative estimate of drug-likeness (QED) is 0.255. The van der Waals surface area contributed by atoms with Crippen LogP contribution in [0.2, 0.25) is 0 Å². The highest BCUT2D eigenvalue weighted by molar-refractivity contribution is 8.26. The molecule has 37 heavy (non-hydrogen) atoms.